The van der Waals surface area contributed by atoms with E-state index in [1.165, 1.54) is 4.90 Å². The summed E-state index contributed by atoms with van der Waals surface area (Å²) in [6, 6.07) is 2.34. The van der Waals surface area contributed by atoms with Crippen molar-refractivity contribution in [1.82, 2.24) is 9.80 Å². The van der Waals surface area contributed by atoms with E-state index in [1.807, 2.05) is 0 Å². The van der Waals surface area contributed by atoms with Crippen molar-refractivity contribution in [1.29, 1.82) is 0 Å². The topological polar surface area (TPSA) is 49.9 Å². The summed E-state index contributed by atoms with van der Waals surface area (Å²) in [7, 11) is 0. The summed E-state index contributed by atoms with van der Waals surface area (Å²) >= 11 is 0. The van der Waals surface area contributed by atoms with Gasteiger partial charge in [-0.05, 0) is 37.6 Å². The zero-order valence-corrected chi connectivity index (χ0v) is 15.0. The summed E-state index contributed by atoms with van der Waals surface area (Å²) in [5.74, 6) is -3.62. The molecule has 0 aliphatic carbocycles. The van der Waals surface area contributed by atoms with Gasteiger partial charge in [-0.15, -0.1) is 0 Å². The molecule has 2 heterocycles. The third kappa shape index (κ3) is 4.36. The van der Waals surface area contributed by atoms with Crippen LogP contribution < -0.4 is 4.74 Å². The summed E-state index contributed by atoms with van der Waals surface area (Å²) in [6.45, 7) is 0.771. The van der Waals surface area contributed by atoms with Gasteiger partial charge in [-0.25, -0.2) is 13.6 Å². The Kier molecular flexibility index (Phi) is 5.24. The molecule has 2 aliphatic heterocycles. The molecule has 1 aromatic rings. The van der Waals surface area contributed by atoms with Gasteiger partial charge < -0.3 is 9.64 Å². The van der Waals surface area contributed by atoms with Crippen molar-refractivity contribution in [3.63, 3.8) is 0 Å². The Labute approximate surface area is 158 Å². The monoisotopic (exact) mass is 406 g/mol. The maximum atomic E-state index is 14.2. The molecule has 1 aromatic carbocycles. The van der Waals surface area contributed by atoms with Crippen LogP contribution in [0.15, 0.2) is 24.3 Å². The second-order valence-corrected chi connectivity index (χ2v) is 7.17. The van der Waals surface area contributed by atoms with E-state index in [4.69, 9.17) is 4.74 Å². The normalized spacial score (nSPS) is 25.1. The second kappa shape index (κ2) is 7.21. The highest BCUT2D eigenvalue weighted by Crippen LogP contribution is 2.34. The molecule has 0 N–H and O–H groups in total. The van der Waals surface area contributed by atoms with Crippen molar-refractivity contribution in [2.45, 2.75) is 50.4 Å². The molecule has 0 bridgehead atoms. The minimum absolute atomic E-state index is 0.120. The lowest BCUT2D eigenvalue weighted by Gasteiger charge is -2.42. The lowest BCUT2D eigenvalue weighted by molar-refractivity contribution is -0.138. The van der Waals surface area contributed by atoms with Crippen molar-refractivity contribution in [3.05, 3.63) is 29.8 Å². The summed E-state index contributed by atoms with van der Waals surface area (Å²) in [4.78, 5) is 26.5. The molecule has 10 heteroatoms. The number of carbonyl (C=O) groups excluding carboxylic acids is 2. The van der Waals surface area contributed by atoms with Gasteiger partial charge in [0, 0.05) is 25.4 Å². The zero-order valence-electron chi connectivity index (χ0n) is 15.0. The molecule has 2 saturated heterocycles. The number of ether oxygens (including phenoxy) is 1. The van der Waals surface area contributed by atoms with Crippen molar-refractivity contribution < 1.29 is 36.3 Å². The molecule has 2 amide bonds. The molecule has 0 radical (unpaired) electrons. The Morgan fingerprint density at radius 2 is 1.86 bits per heavy atom. The number of piperidine rings is 1. The predicted octanol–water partition coefficient (Wildman–Crippen LogP) is 3.92. The summed E-state index contributed by atoms with van der Waals surface area (Å²) in [5, 5.41) is 0. The van der Waals surface area contributed by atoms with E-state index in [-0.39, 0.29) is 30.7 Å². The number of amides is 2. The van der Waals surface area contributed by atoms with Crippen LogP contribution in [0, 0.1) is 0 Å². The summed E-state index contributed by atoms with van der Waals surface area (Å²) in [6.07, 6.45) is -5.34. The van der Waals surface area contributed by atoms with Gasteiger partial charge in [0.15, 0.2) is 0 Å². The number of carbonyl (C=O) groups is 2. The minimum Gasteiger partial charge on any atom is -0.410 e. The number of benzene rings is 1. The van der Waals surface area contributed by atoms with Crippen LogP contribution in [0.25, 0.3) is 0 Å². The molecule has 0 spiro atoms. The van der Waals surface area contributed by atoms with Gasteiger partial charge in [-0.1, -0.05) is 0 Å². The number of hydrogen-bond donors (Lipinski definition) is 0. The number of alkyl halides is 5. The van der Waals surface area contributed by atoms with E-state index in [2.05, 4.69) is 0 Å². The van der Waals surface area contributed by atoms with Gasteiger partial charge in [-0.2, -0.15) is 13.2 Å². The Balaban J connectivity index is 1.71. The molecule has 5 nitrogen and oxygen atoms in total. The number of rotatable bonds is 2. The fourth-order valence-electron chi connectivity index (χ4n) is 3.68. The molecular weight excluding hydrogens is 387 g/mol. The molecule has 28 heavy (non-hydrogen) atoms. The highest BCUT2D eigenvalue weighted by Gasteiger charge is 2.47. The quantitative estimate of drug-likeness (QED) is 0.700. The Morgan fingerprint density at radius 3 is 2.39 bits per heavy atom. The number of nitrogens with zero attached hydrogens (tertiary/aromatic N) is 2. The van der Waals surface area contributed by atoms with E-state index in [9.17, 15) is 31.5 Å². The maximum absolute atomic E-state index is 14.2. The van der Waals surface area contributed by atoms with Crippen LogP contribution in [-0.4, -0.2) is 52.9 Å². The summed E-state index contributed by atoms with van der Waals surface area (Å²) < 4.78 is 71.1. The lowest BCUT2D eigenvalue weighted by Crippen LogP contribution is -2.58. The van der Waals surface area contributed by atoms with E-state index in [1.54, 1.807) is 6.92 Å². The largest absolute Gasteiger partial charge is 0.416 e. The highest BCUT2D eigenvalue weighted by molar-refractivity contribution is 5.79. The predicted molar refractivity (Wildman–Crippen MR) is 87.9 cm³/mol. The van der Waals surface area contributed by atoms with E-state index >= 15 is 0 Å². The lowest BCUT2D eigenvalue weighted by atomic mass is 10.0. The van der Waals surface area contributed by atoms with Crippen molar-refractivity contribution in [2.75, 3.05) is 13.1 Å². The van der Waals surface area contributed by atoms with Crippen LogP contribution >= 0.6 is 0 Å². The van der Waals surface area contributed by atoms with Crippen molar-refractivity contribution in [2.24, 2.45) is 0 Å². The third-order valence-electron chi connectivity index (χ3n) is 4.96. The van der Waals surface area contributed by atoms with Crippen LogP contribution in [0.2, 0.25) is 0 Å². The van der Waals surface area contributed by atoms with Crippen LogP contribution in [0.5, 0.6) is 5.75 Å². The smallest absolute Gasteiger partial charge is 0.410 e. The fourth-order valence-corrected chi connectivity index (χ4v) is 3.68. The zero-order chi connectivity index (χ0) is 20.7. The van der Waals surface area contributed by atoms with Gasteiger partial charge in [0.05, 0.1) is 18.2 Å². The van der Waals surface area contributed by atoms with Crippen LogP contribution in [0.3, 0.4) is 0 Å². The molecule has 154 valence electrons. The molecule has 3 rings (SSSR count). The van der Waals surface area contributed by atoms with Crippen LogP contribution in [0.4, 0.5) is 26.7 Å². The molecule has 2 atom stereocenters. The second-order valence-electron chi connectivity index (χ2n) is 7.17. The van der Waals surface area contributed by atoms with Gasteiger partial charge >= 0.3 is 12.3 Å². The van der Waals surface area contributed by atoms with Gasteiger partial charge in [0.2, 0.25) is 5.91 Å². The summed E-state index contributed by atoms with van der Waals surface area (Å²) in [5.41, 5.74) is -0.918. The number of likely N-dealkylation sites (tertiary alicyclic amines) is 2. The number of hydrogen-bond acceptors (Lipinski definition) is 3. The fraction of sp³-hybridized carbons (Fsp3) is 0.556. The average Bonchev–Trinajstić information content (AvgIpc) is 2.91. The minimum atomic E-state index is -4.54. The van der Waals surface area contributed by atoms with Gasteiger partial charge in [-0.3, -0.25) is 9.69 Å². The van der Waals surface area contributed by atoms with Crippen molar-refractivity contribution >= 4 is 12.0 Å². The first-order chi connectivity index (χ1) is 13.0. The van der Waals surface area contributed by atoms with E-state index in [0.29, 0.717) is 6.42 Å². The maximum Gasteiger partial charge on any atom is 0.416 e. The Hall–Kier alpha value is -2.39. The van der Waals surface area contributed by atoms with E-state index < -0.39 is 42.8 Å². The standard InChI is InChI=1S/C18H19F5N2O3/c1-11-2-7-15(26)25(11)13-8-17(19,20)10-24(9-13)16(27)28-14-5-3-12(4-6-14)18(21,22)23/h3-6,11,13H,2,7-10H2,1H3. The third-order valence-corrected chi connectivity index (χ3v) is 4.96. The first-order valence-electron chi connectivity index (χ1n) is 8.79. The Morgan fingerprint density at radius 1 is 1.21 bits per heavy atom. The molecule has 2 aliphatic rings. The van der Waals surface area contributed by atoms with Crippen molar-refractivity contribution in [3.8, 4) is 5.75 Å². The highest BCUT2D eigenvalue weighted by atomic mass is 19.4. The van der Waals surface area contributed by atoms with Gasteiger partial charge in [0.1, 0.15) is 5.75 Å². The average molecular weight is 406 g/mol. The van der Waals surface area contributed by atoms with E-state index in [0.717, 1.165) is 29.2 Å². The Bertz CT molecular complexity index is 751. The van der Waals surface area contributed by atoms with Gasteiger partial charge in [0.25, 0.3) is 5.92 Å². The molecule has 2 fully saturated rings. The molecule has 2 unspecified atom stereocenters. The molecule has 0 saturated carbocycles. The van der Waals surface area contributed by atoms with Crippen LogP contribution in [-0.2, 0) is 11.0 Å². The first kappa shape index (κ1) is 20.3. The molecular formula is C18H19F5N2O3. The molecule has 0 aromatic heterocycles. The first-order valence-corrected chi connectivity index (χ1v) is 8.79. The van der Waals surface area contributed by atoms with Crippen LogP contribution in [0.1, 0.15) is 31.7 Å². The number of halogens is 5. The SMILES string of the molecule is CC1CCC(=O)N1C1CN(C(=O)Oc2ccc(C(F)(F)F)cc2)CC(F)(F)C1.